The van der Waals surface area contributed by atoms with E-state index < -0.39 is 0 Å². The number of hydrogen-bond acceptors (Lipinski definition) is 7. The van der Waals surface area contributed by atoms with Crippen molar-refractivity contribution in [3.05, 3.63) is 0 Å². The van der Waals surface area contributed by atoms with E-state index >= 15 is 0 Å². The van der Waals surface area contributed by atoms with E-state index in [1.165, 1.54) is 12.8 Å². The second-order valence-electron chi connectivity index (χ2n) is 5.07. The van der Waals surface area contributed by atoms with Crippen molar-refractivity contribution in [1.29, 1.82) is 0 Å². The molecule has 0 aromatic carbocycles. The van der Waals surface area contributed by atoms with Crippen LogP contribution < -0.4 is 15.5 Å². The van der Waals surface area contributed by atoms with E-state index in [1.54, 1.807) is 6.92 Å². The van der Waals surface area contributed by atoms with Crippen LogP contribution in [-0.4, -0.2) is 52.3 Å². The van der Waals surface area contributed by atoms with Gasteiger partial charge in [-0.3, -0.25) is 0 Å². The number of rotatable bonds is 7. The molecule has 0 bridgehead atoms. The van der Waals surface area contributed by atoms with Crippen molar-refractivity contribution >= 4 is 17.8 Å². The highest BCUT2D eigenvalue weighted by atomic mass is 16.3. The molecule has 7 heteroatoms. The van der Waals surface area contributed by atoms with Crippen molar-refractivity contribution in [3.8, 4) is 0 Å². The standard InChI is InChI=1S/C13H24N6O/c1-3-14-11-16-12(15-7-6-10(2)20)18-13(17-11)19-8-4-5-9-19/h10,20H,3-9H2,1-2H3,(H2,14,15,16,17,18). The van der Waals surface area contributed by atoms with E-state index in [0.717, 1.165) is 25.6 Å². The Morgan fingerprint density at radius 3 is 2.40 bits per heavy atom. The Bertz CT molecular complexity index is 419. The van der Waals surface area contributed by atoms with Gasteiger partial charge in [-0.1, -0.05) is 0 Å². The SMILES string of the molecule is CCNc1nc(NCCC(C)O)nc(N2CCCC2)n1. The van der Waals surface area contributed by atoms with Gasteiger partial charge in [-0.2, -0.15) is 15.0 Å². The second kappa shape index (κ2) is 7.23. The zero-order valence-corrected chi connectivity index (χ0v) is 12.3. The maximum Gasteiger partial charge on any atom is 0.231 e. The van der Waals surface area contributed by atoms with E-state index in [2.05, 4.69) is 30.5 Å². The van der Waals surface area contributed by atoms with E-state index in [0.29, 0.717) is 24.9 Å². The summed E-state index contributed by atoms with van der Waals surface area (Å²) < 4.78 is 0. The predicted octanol–water partition coefficient (Wildman–Crippen LogP) is 1.09. The van der Waals surface area contributed by atoms with Crippen LogP contribution in [-0.2, 0) is 0 Å². The Balaban J connectivity index is 2.08. The van der Waals surface area contributed by atoms with Crippen LogP contribution >= 0.6 is 0 Å². The van der Waals surface area contributed by atoms with Gasteiger partial charge >= 0.3 is 0 Å². The molecule has 20 heavy (non-hydrogen) atoms. The molecule has 1 unspecified atom stereocenters. The van der Waals surface area contributed by atoms with Crippen molar-refractivity contribution in [2.45, 2.75) is 39.2 Å². The quantitative estimate of drug-likeness (QED) is 0.689. The molecule has 3 N–H and O–H groups in total. The zero-order chi connectivity index (χ0) is 14.4. The molecule has 0 saturated carbocycles. The van der Waals surface area contributed by atoms with Crippen LogP contribution in [0.2, 0.25) is 0 Å². The third kappa shape index (κ3) is 4.19. The maximum atomic E-state index is 9.28. The number of aliphatic hydroxyl groups is 1. The van der Waals surface area contributed by atoms with Gasteiger partial charge in [0, 0.05) is 26.2 Å². The first-order valence-corrected chi connectivity index (χ1v) is 7.36. The van der Waals surface area contributed by atoms with Gasteiger partial charge in [-0.25, -0.2) is 0 Å². The van der Waals surface area contributed by atoms with E-state index in [9.17, 15) is 5.11 Å². The van der Waals surface area contributed by atoms with Crippen molar-refractivity contribution in [2.75, 3.05) is 41.7 Å². The average Bonchev–Trinajstić information content (AvgIpc) is 2.92. The topological polar surface area (TPSA) is 86.2 Å². The van der Waals surface area contributed by atoms with Crippen molar-refractivity contribution in [2.24, 2.45) is 0 Å². The van der Waals surface area contributed by atoms with Crippen LogP contribution in [0.5, 0.6) is 0 Å². The van der Waals surface area contributed by atoms with E-state index in [1.807, 2.05) is 6.92 Å². The molecule has 1 saturated heterocycles. The Kier molecular flexibility index (Phi) is 5.34. The summed E-state index contributed by atoms with van der Waals surface area (Å²) in [6.07, 6.45) is 2.72. The Labute approximate surface area is 119 Å². The fraction of sp³-hybridized carbons (Fsp3) is 0.769. The monoisotopic (exact) mass is 280 g/mol. The molecule has 0 radical (unpaired) electrons. The van der Waals surface area contributed by atoms with Gasteiger partial charge in [0.15, 0.2) is 0 Å². The van der Waals surface area contributed by atoms with Crippen LogP contribution in [0.15, 0.2) is 0 Å². The number of aliphatic hydroxyl groups excluding tert-OH is 1. The summed E-state index contributed by atoms with van der Waals surface area (Å²) in [4.78, 5) is 15.4. The highest BCUT2D eigenvalue weighted by Crippen LogP contribution is 2.18. The van der Waals surface area contributed by atoms with E-state index in [4.69, 9.17) is 0 Å². The molecule has 1 aromatic rings. The number of anilines is 3. The summed E-state index contributed by atoms with van der Waals surface area (Å²) in [5.74, 6) is 1.90. The molecule has 1 aliphatic rings. The summed E-state index contributed by atoms with van der Waals surface area (Å²) in [5, 5.41) is 15.6. The molecule has 7 nitrogen and oxygen atoms in total. The molecule has 1 aromatic heterocycles. The van der Waals surface area contributed by atoms with Crippen LogP contribution in [0.4, 0.5) is 17.8 Å². The first-order valence-electron chi connectivity index (χ1n) is 7.36. The lowest BCUT2D eigenvalue weighted by atomic mass is 10.3. The molecule has 1 fully saturated rings. The minimum atomic E-state index is -0.323. The van der Waals surface area contributed by atoms with Crippen molar-refractivity contribution in [3.63, 3.8) is 0 Å². The lowest BCUT2D eigenvalue weighted by molar-refractivity contribution is 0.188. The lowest BCUT2D eigenvalue weighted by Crippen LogP contribution is -2.22. The van der Waals surface area contributed by atoms with Crippen molar-refractivity contribution in [1.82, 2.24) is 15.0 Å². The molecule has 0 spiro atoms. The van der Waals surface area contributed by atoms with Gasteiger partial charge in [-0.15, -0.1) is 0 Å². The van der Waals surface area contributed by atoms with Crippen LogP contribution in [0.3, 0.4) is 0 Å². The summed E-state index contributed by atoms with van der Waals surface area (Å²) in [5.41, 5.74) is 0. The molecular formula is C13H24N6O. The fourth-order valence-electron chi connectivity index (χ4n) is 2.13. The first-order chi connectivity index (χ1) is 9.69. The number of aromatic nitrogens is 3. The lowest BCUT2D eigenvalue weighted by Gasteiger charge is -2.17. The molecule has 112 valence electrons. The molecule has 0 amide bonds. The van der Waals surface area contributed by atoms with Gasteiger partial charge in [0.25, 0.3) is 0 Å². The number of nitrogens with one attached hydrogen (secondary N) is 2. The smallest absolute Gasteiger partial charge is 0.231 e. The average molecular weight is 280 g/mol. The molecule has 0 aliphatic carbocycles. The minimum absolute atomic E-state index is 0.323. The van der Waals surface area contributed by atoms with Crippen LogP contribution in [0, 0.1) is 0 Å². The normalized spacial score (nSPS) is 16.2. The van der Waals surface area contributed by atoms with Gasteiger partial charge < -0.3 is 20.6 Å². The third-order valence-electron chi connectivity index (χ3n) is 3.19. The Morgan fingerprint density at radius 1 is 1.15 bits per heavy atom. The summed E-state index contributed by atoms with van der Waals surface area (Å²) in [7, 11) is 0. The highest BCUT2D eigenvalue weighted by Gasteiger charge is 2.17. The van der Waals surface area contributed by atoms with Gasteiger partial charge in [0.2, 0.25) is 17.8 Å². The van der Waals surface area contributed by atoms with Crippen LogP contribution in [0.25, 0.3) is 0 Å². The molecule has 1 atom stereocenters. The highest BCUT2D eigenvalue weighted by molar-refractivity contribution is 5.44. The number of nitrogens with zero attached hydrogens (tertiary/aromatic N) is 4. The third-order valence-corrected chi connectivity index (χ3v) is 3.19. The second-order valence-corrected chi connectivity index (χ2v) is 5.07. The molecule has 2 heterocycles. The number of hydrogen-bond donors (Lipinski definition) is 3. The van der Waals surface area contributed by atoms with Gasteiger partial charge in [0.05, 0.1) is 6.10 Å². The largest absolute Gasteiger partial charge is 0.393 e. The van der Waals surface area contributed by atoms with Crippen molar-refractivity contribution < 1.29 is 5.11 Å². The molecule has 2 rings (SSSR count). The summed E-state index contributed by atoms with van der Waals surface area (Å²) >= 11 is 0. The van der Waals surface area contributed by atoms with Gasteiger partial charge in [0.1, 0.15) is 0 Å². The predicted molar refractivity (Wildman–Crippen MR) is 80.2 cm³/mol. The Hall–Kier alpha value is -1.63. The van der Waals surface area contributed by atoms with Gasteiger partial charge in [-0.05, 0) is 33.1 Å². The molecular weight excluding hydrogens is 256 g/mol. The minimum Gasteiger partial charge on any atom is -0.393 e. The first kappa shape index (κ1) is 14.8. The maximum absolute atomic E-state index is 9.28. The Morgan fingerprint density at radius 2 is 1.80 bits per heavy atom. The molecule has 1 aliphatic heterocycles. The zero-order valence-electron chi connectivity index (χ0n) is 12.3. The summed E-state index contributed by atoms with van der Waals surface area (Å²) in [6, 6.07) is 0. The summed E-state index contributed by atoms with van der Waals surface area (Å²) in [6.45, 7) is 7.21. The van der Waals surface area contributed by atoms with E-state index in [-0.39, 0.29) is 6.10 Å². The van der Waals surface area contributed by atoms with Crippen LogP contribution in [0.1, 0.15) is 33.1 Å². The fourth-order valence-corrected chi connectivity index (χ4v) is 2.13.